The van der Waals surface area contributed by atoms with Crippen molar-refractivity contribution in [1.82, 2.24) is 10.6 Å². The Balaban J connectivity index is 1.72. The highest BCUT2D eigenvalue weighted by Crippen LogP contribution is 2.14. The van der Waals surface area contributed by atoms with Gasteiger partial charge in [0.15, 0.2) is 0 Å². The minimum Gasteiger partial charge on any atom is -0.480 e. The molecule has 5 N–H and O–H groups in total. The Bertz CT molecular complexity index is 844. The normalized spacial score (nSPS) is 11.2. The molecule has 0 aliphatic heterocycles. The van der Waals surface area contributed by atoms with Crippen LogP contribution in [0.1, 0.15) is 12.8 Å². The van der Waals surface area contributed by atoms with Crippen molar-refractivity contribution in [2.45, 2.75) is 18.9 Å². The number of hydrogen-bond acceptors (Lipinski definition) is 3. The number of nitrogens with one attached hydrogen (secondary N) is 4. The molecule has 0 aliphatic carbocycles. The first-order valence-electron chi connectivity index (χ1n) is 8.70. The van der Waals surface area contributed by atoms with Crippen molar-refractivity contribution in [1.29, 1.82) is 0 Å². The van der Waals surface area contributed by atoms with Gasteiger partial charge < -0.3 is 26.4 Å². The van der Waals surface area contributed by atoms with E-state index in [0.29, 0.717) is 27.8 Å². The van der Waals surface area contributed by atoms with E-state index in [9.17, 15) is 19.5 Å². The van der Waals surface area contributed by atoms with Gasteiger partial charge in [-0.25, -0.2) is 14.4 Å². The maximum absolute atomic E-state index is 12.0. The molecule has 10 heteroatoms. The van der Waals surface area contributed by atoms with E-state index in [2.05, 4.69) is 21.3 Å². The van der Waals surface area contributed by atoms with Crippen molar-refractivity contribution < 1.29 is 19.5 Å². The Hall–Kier alpha value is -2.97. The molecule has 0 aromatic heterocycles. The summed E-state index contributed by atoms with van der Waals surface area (Å²) in [6, 6.07) is 10.9. The molecule has 1 atom stereocenters. The minimum atomic E-state index is -1.16. The van der Waals surface area contributed by atoms with E-state index in [1.54, 1.807) is 48.5 Å². The summed E-state index contributed by atoms with van der Waals surface area (Å²) in [5.74, 6) is -1.16. The summed E-state index contributed by atoms with van der Waals surface area (Å²) in [6.45, 7) is 0.240. The summed E-state index contributed by atoms with van der Waals surface area (Å²) in [4.78, 5) is 35.2. The quantitative estimate of drug-likeness (QED) is 0.397. The molecule has 0 fully saturated rings. The predicted molar refractivity (Wildman–Crippen MR) is 113 cm³/mol. The fourth-order valence-corrected chi connectivity index (χ4v) is 2.58. The van der Waals surface area contributed by atoms with Crippen molar-refractivity contribution in [2.75, 3.05) is 17.2 Å². The number of carboxylic acids is 1. The number of carboxylic acid groups (broad SMARTS) is 1. The molecule has 0 radical (unpaired) electrons. The van der Waals surface area contributed by atoms with E-state index >= 15 is 0 Å². The lowest BCUT2D eigenvalue weighted by molar-refractivity contribution is -0.139. The second kappa shape index (κ2) is 11.1. The summed E-state index contributed by atoms with van der Waals surface area (Å²) in [5.41, 5.74) is 1.06. The average Bonchev–Trinajstić information content (AvgIpc) is 2.67. The zero-order chi connectivity index (χ0) is 21.2. The van der Waals surface area contributed by atoms with Crippen LogP contribution in [0.4, 0.5) is 21.0 Å². The van der Waals surface area contributed by atoms with Crippen LogP contribution < -0.4 is 21.3 Å². The molecule has 0 heterocycles. The minimum absolute atomic E-state index is 0.143. The number of halogens is 2. The van der Waals surface area contributed by atoms with Crippen LogP contribution in [0.5, 0.6) is 0 Å². The standard InChI is InChI=1S/C19H20Cl2N4O4/c20-12-3-7-14(8-4-12)23-18(28)22-11-1-2-16(17(26)27)25-19(29)24-15-9-5-13(21)6-10-15/h3-10,16H,1-2,11H2,(H,26,27)(H2,22,23,28)(H2,24,25,29)/t16-/m0/s1. The van der Waals surface area contributed by atoms with Gasteiger partial charge in [0.2, 0.25) is 0 Å². The number of hydrogen-bond donors (Lipinski definition) is 5. The highest BCUT2D eigenvalue weighted by Gasteiger charge is 2.19. The number of carbonyl (C=O) groups is 3. The fourth-order valence-electron chi connectivity index (χ4n) is 2.33. The zero-order valence-corrected chi connectivity index (χ0v) is 16.8. The summed E-state index contributed by atoms with van der Waals surface area (Å²) in [6.07, 6.45) is 0.497. The largest absolute Gasteiger partial charge is 0.480 e. The van der Waals surface area contributed by atoms with E-state index in [1.165, 1.54) is 0 Å². The molecular weight excluding hydrogens is 419 g/mol. The second-order valence-electron chi connectivity index (χ2n) is 6.03. The average molecular weight is 439 g/mol. The second-order valence-corrected chi connectivity index (χ2v) is 6.90. The van der Waals surface area contributed by atoms with Crippen LogP contribution >= 0.6 is 23.2 Å². The first-order valence-corrected chi connectivity index (χ1v) is 9.45. The number of benzene rings is 2. The summed E-state index contributed by atoms with van der Waals surface area (Å²) in [5, 5.41) is 20.5. The third kappa shape index (κ3) is 8.28. The van der Waals surface area contributed by atoms with E-state index in [1.807, 2.05) is 0 Å². The van der Waals surface area contributed by atoms with E-state index in [0.717, 1.165) is 0 Å². The summed E-state index contributed by atoms with van der Waals surface area (Å²) >= 11 is 11.6. The third-order valence-corrected chi connectivity index (χ3v) is 4.27. The molecule has 2 aromatic carbocycles. The van der Waals surface area contributed by atoms with Gasteiger partial charge in [0.1, 0.15) is 6.04 Å². The van der Waals surface area contributed by atoms with Crippen molar-refractivity contribution in [3.63, 3.8) is 0 Å². The Morgan fingerprint density at radius 2 is 1.31 bits per heavy atom. The first kappa shape index (κ1) is 22.3. The summed E-state index contributed by atoms with van der Waals surface area (Å²) in [7, 11) is 0. The molecule has 0 bridgehead atoms. The van der Waals surface area contributed by atoms with Crippen LogP contribution in [0.3, 0.4) is 0 Å². The monoisotopic (exact) mass is 438 g/mol. The van der Waals surface area contributed by atoms with E-state index < -0.39 is 24.1 Å². The van der Waals surface area contributed by atoms with Gasteiger partial charge in [-0.05, 0) is 61.4 Å². The van der Waals surface area contributed by atoms with Gasteiger partial charge in [0, 0.05) is 28.0 Å². The van der Waals surface area contributed by atoms with E-state index in [-0.39, 0.29) is 13.0 Å². The Morgan fingerprint density at radius 3 is 1.79 bits per heavy atom. The molecular formula is C19H20Cl2N4O4. The van der Waals surface area contributed by atoms with Gasteiger partial charge in [-0.3, -0.25) is 0 Å². The van der Waals surface area contributed by atoms with Gasteiger partial charge in [0.05, 0.1) is 0 Å². The molecule has 154 valence electrons. The number of anilines is 2. The topological polar surface area (TPSA) is 120 Å². The predicted octanol–water partition coefficient (Wildman–Crippen LogP) is 4.17. The van der Waals surface area contributed by atoms with Crippen LogP contribution in [0.15, 0.2) is 48.5 Å². The number of carbonyl (C=O) groups excluding carboxylic acids is 2. The van der Waals surface area contributed by atoms with Gasteiger partial charge in [-0.1, -0.05) is 23.2 Å². The lowest BCUT2D eigenvalue weighted by Crippen LogP contribution is -2.43. The molecule has 0 unspecified atom stereocenters. The molecule has 4 amide bonds. The smallest absolute Gasteiger partial charge is 0.326 e. The Morgan fingerprint density at radius 1 is 0.828 bits per heavy atom. The van der Waals surface area contributed by atoms with Crippen LogP contribution in [0.25, 0.3) is 0 Å². The van der Waals surface area contributed by atoms with Gasteiger partial charge in [-0.2, -0.15) is 0 Å². The Kier molecular flexibility index (Phi) is 8.57. The first-order chi connectivity index (χ1) is 13.8. The van der Waals surface area contributed by atoms with E-state index in [4.69, 9.17) is 23.2 Å². The fraction of sp³-hybridized carbons (Fsp3) is 0.211. The van der Waals surface area contributed by atoms with Crippen LogP contribution in [0, 0.1) is 0 Å². The third-order valence-electron chi connectivity index (χ3n) is 3.76. The number of aliphatic carboxylic acids is 1. The van der Waals surface area contributed by atoms with Crippen LogP contribution in [0.2, 0.25) is 10.0 Å². The van der Waals surface area contributed by atoms with Gasteiger partial charge in [0.25, 0.3) is 0 Å². The molecule has 0 spiro atoms. The molecule has 8 nitrogen and oxygen atoms in total. The van der Waals surface area contributed by atoms with Crippen molar-refractivity contribution >= 4 is 52.6 Å². The maximum Gasteiger partial charge on any atom is 0.326 e. The molecule has 0 saturated carbocycles. The molecule has 0 aliphatic rings. The highest BCUT2D eigenvalue weighted by atomic mass is 35.5. The van der Waals surface area contributed by atoms with Crippen molar-refractivity contribution in [2.24, 2.45) is 0 Å². The Labute approximate surface area is 177 Å². The zero-order valence-electron chi connectivity index (χ0n) is 15.2. The molecule has 2 aromatic rings. The lowest BCUT2D eigenvalue weighted by Gasteiger charge is -2.15. The number of urea groups is 2. The molecule has 0 saturated heterocycles. The van der Waals surface area contributed by atoms with Crippen molar-refractivity contribution in [3.8, 4) is 0 Å². The number of amides is 4. The lowest BCUT2D eigenvalue weighted by atomic mass is 10.1. The maximum atomic E-state index is 12.0. The summed E-state index contributed by atoms with van der Waals surface area (Å²) < 4.78 is 0. The molecule has 29 heavy (non-hydrogen) atoms. The van der Waals surface area contributed by atoms with Gasteiger partial charge in [-0.15, -0.1) is 0 Å². The number of rotatable bonds is 8. The van der Waals surface area contributed by atoms with Crippen molar-refractivity contribution in [3.05, 3.63) is 58.6 Å². The highest BCUT2D eigenvalue weighted by molar-refractivity contribution is 6.30. The SMILES string of the molecule is O=C(NCCC[C@H](NC(=O)Nc1ccc(Cl)cc1)C(=O)O)Nc1ccc(Cl)cc1. The van der Waals surface area contributed by atoms with Gasteiger partial charge >= 0.3 is 18.0 Å². The molecule has 2 rings (SSSR count). The van der Waals surface area contributed by atoms with Crippen LogP contribution in [-0.2, 0) is 4.79 Å². The van der Waals surface area contributed by atoms with Crippen LogP contribution in [-0.4, -0.2) is 35.7 Å².